The molecule has 0 radical (unpaired) electrons. The third kappa shape index (κ3) is 3.10. The number of aryl methyl sites for hydroxylation is 1. The topological polar surface area (TPSA) is 46.5 Å². The number of rotatable bonds is 3. The van der Waals surface area contributed by atoms with Gasteiger partial charge in [-0.15, -0.1) is 0 Å². The lowest BCUT2D eigenvalue weighted by molar-refractivity contribution is 0.102. The average molecular weight is 329 g/mol. The maximum absolute atomic E-state index is 12.6. The van der Waals surface area contributed by atoms with E-state index in [-0.39, 0.29) is 16.6 Å². The number of phenols is 1. The lowest BCUT2D eigenvalue weighted by Crippen LogP contribution is -2.13. The van der Waals surface area contributed by atoms with Gasteiger partial charge in [0.25, 0.3) is 0 Å². The smallest absolute Gasteiger partial charge is 0.189 e. The fourth-order valence-electron chi connectivity index (χ4n) is 2.80. The SMILES string of the molecule is CCOc1cc(C=C2CCc3ccccc3C2=O)cc(Cl)c1O. The molecule has 0 aliphatic heterocycles. The van der Waals surface area contributed by atoms with Gasteiger partial charge in [0.1, 0.15) is 0 Å². The van der Waals surface area contributed by atoms with Gasteiger partial charge < -0.3 is 9.84 Å². The Kier molecular flexibility index (Phi) is 4.39. The summed E-state index contributed by atoms with van der Waals surface area (Å²) in [6.07, 6.45) is 3.36. The highest BCUT2D eigenvalue weighted by Gasteiger charge is 2.21. The Hall–Kier alpha value is -2.26. The molecule has 2 aromatic rings. The lowest BCUT2D eigenvalue weighted by atomic mass is 9.86. The van der Waals surface area contributed by atoms with E-state index < -0.39 is 0 Å². The Bertz CT molecular complexity index is 793. The van der Waals surface area contributed by atoms with Crippen LogP contribution in [-0.2, 0) is 6.42 Å². The van der Waals surface area contributed by atoms with Crippen molar-refractivity contribution in [2.75, 3.05) is 6.61 Å². The molecule has 1 aliphatic carbocycles. The van der Waals surface area contributed by atoms with Crippen molar-refractivity contribution in [1.82, 2.24) is 0 Å². The van der Waals surface area contributed by atoms with Gasteiger partial charge in [0.05, 0.1) is 11.6 Å². The molecule has 118 valence electrons. The van der Waals surface area contributed by atoms with E-state index >= 15 is 0 Å². The van der Waals surface area contributed by atoms with Crippen LogP contribution < -0.4 is 4.74 Å². The summed E-state index contributed by atoms with van der Waals surface area (Å²) in [7, 11) is 0. The number of ketones is 1. The van der Waals surface area contributed by atoms with Crippen molar-refractivity contribution in [3.63, 3.8) is 0 Å². The number of hydrogen-bond acceptors (Lipinski definition) is 3. The van der Waals surface area contributed by atoms with Gasteiger partial charge in [-0.3, -0.25) is 4.79 Å². The van der Waals surface area contributed by atoms with Crippen LogP contribution in [0.1, 0.15) is 34.8 Å². The summed E-state index contributed by atoms with van der Waals surface area (Å²) in [6, 6.07) is 11.0. The predicted octanol–water partition coefficient (Wildman–Crippen LogP) is 4.66. The van der Waals surface area contributed by atoms with Crippen molar-refractivity contribution >= 4 is 23.5 Å². The quantitative estimate of drug-likeness (QED) is 0.834. The number of hydrogen-bond donors (Lipinski definition) is 1. The second kappa shape index (κ2) is 6.47. The highest BCUT2D eigenvalue weighted by Crippen LogP contribution is 2.36. The van der Waals surface area contributed by atoms with Crippen LogP contribution in [0.4, 0.5) is 0 Å². The van der Waals surface area contributed by atoms with E-state index in [0.717, 1.165) is 28.7 Å². The van der Waals surface area contributed by atoms with E-state index in [4.69, 9.17) is 16.3 Å². The Morgan fingerprint density at radius 3 is 2.83 bits per heavy atom. The molecule has 0 spiro atoms. The van der Waals surface area contributed by atoms with E-state index in [2.05, 4.69) is 0 Å². The molecule has 0 saturated carbocycles. The normalized spacial score (nSPS) is 15.6. The fraction of sp³-hybridized carbons (Fsp3) is 0.211. The minimum atomic E-state index is -0.0732. The van der Waals surface area contributed by atoms with Crippen molar-refractivity contribution in [2.45, 2.75) is 19.8 Å². The van der Waals surface area contributed by atoms with Crippen LogP contribution in [0.2, 0.25) is 5.02 Å². The number of fused-ring (bicyclic) bond motifs is 1. The standard InChI is InChI=1S/C19H17ClO3/c1-2-23-17-11-12(10-16(20)19(17)22)9-14-8-7-13-5-3-4-6-15(13)18(14)21/h3-6,9-11,22H,2,7-8H2,1H3. The van der Waals surface area contributed by atoms with Crippen molar-refractivity contribution in [2.24, 2.45) is 0 Å². The molecule has 0 saturated heterocycles. The molecule has 0 heterocycles. The molecular formula is C19H17ClO3. The van der Waals surface area contributed by atoms with Crippen molar-refractivity contribution in [1.29, 1.82) is 0 Å². The summed E-state index contributed by atoms with van der Waals surface area (Å²) in [4.78, 5) is 12.6. The van der Waals surface area contributed by atoms with Crippen LogP contribution in [0, 0.1) is 0 Å². The Labute approximate surface area is 140 Å². The molecule has 0 bridgehead atoms. The molecule has 0 unspecified atom stereocenters. The first kappa shape index (κ1) is 15.6. The molecule has 1 N–H and O–H groups in total. The molecule has 3 rings (SSSR count). The van der Waals surface area contributed by atoms with Crippen molar-refractivity contribution in [3.8, 4) is 11.5 Å². The third-order valence-corrected chi connectivity index (χ3v) is 4.20. The van der Waals surface area contributed by atoms with Crippen LogP contribution in [0.15, 0.2) is 42.0 Å². The van der Waals surface area contributed by atoms with Gasteiger partial charge in [0.15, 0.2) is 17.3 Å². The Morgan fingerprint density at radius 1 is 1.26 bits per heavy atom. The zero-order valence-electron chi connectivity index (χ0n) is 12.8. The van der Waals surface area contributed by atoms with E-state index in [1.165, 1.54) is 0 Å². The molecule has 0 atom stereocenters. The van der Waals surface area contributed by atoms with Gasteiger partial charge in [-0.25, -0.2) is 0 Å². The molecular weight excluding hydrogens is 312 g/mol. The Morgan fingerprint density at radius 2 is 2.04 bits per heavy atom. The number of carbonyl (C=O) groups is 1. The molecule has 4 heteroatoms. The van der Waals surface area contributed by atoms with E-state index in [9.17, 15) is 9.90 Å². The predicted molar refractivity (Wildman–Crippen MR) is 91.4 cm³/mol. The first-order chi connectivity index (χ1) is 11.1. The lowest BCUT2D eigenvalue weighted by Gasteiger charge is -2.17. The van der Waals surface area contributed by atoms with Gasteiger partial charge in [-0.1, -0.05) is 35.9 Å². The largest absolute Gasteiger partial charge is 0.503 e. The van der Waals surface area contributed by atoms with Gasteiger partial charge in [-0.2, -0.15) is 0 Å². The summed E-state index contributed by atoms with van der Waals surface area (Å²) in [5, 5.41) is 10.1. The van der Waals surface area contributed by atoms with Gasteiger partial charge in [0.2, 0.25) is 0 Å². The van der Waals surface area contributed by atoms with E-state index in [0.29, 0.717) is 18.8 Å². The van der Waals surface area contributed by atoms with Crippen LogP contribution in [0.3, 0.4) is 0 Å². The number of allylic oxidation sites excluding steroid dienone is 1. The Balaban J connectivity index is 1.98. The van der Waals surface area contributed by atoms with Crippen LogP contribution >= 0.6 is 11.6 Å². The molecule has 3 nitrogen and oxygen atoms in total. The van der Waals surface area contributed by atoms with Gasteiger partial charge in [-0.05, 0) is 49.1 Å². The molecule has 2 aromatic carbocycles. The van der Waals surface area contributed by atoms with Gasteiger partial charge in [0, 0.05) is 11.1 Å². The summed E-state index contributed by atoms with van der Waals surface area (Å²) in [5.74, 6) is 0.306. The monoisotopic (exact) mass is 328 g/mol. The zero-order chi connectivity index (χ0) is 16.4. The number of aromatic hydroxyl groups is 1. The summed E-state index contributed by atoms with van der Waals surface area (Å²) < 4.78 is 5.38. The minimum Gasteiger partial charge on any atom is -0.503 e. The van der Waals surface area contributed by atoms with Crippen molar-refractivity contribution in [3.05, 3.63) is 63.7 Å². The number of halogens is 1. The third-order valence-electron chi connectivity index (χ3n) is 3.91. The van der Waals surface area contributed by atoms with Gasteiger partial charge >= 0.3 is 0 Å². The number of carbonyl (C=O) groups excluding carboxylic acids is 1. The fourth-order valence-corrected chi connectivity index (χ4v) is 3.02. The number of benzene rings is 2. The molecule has 1 aliphatic rings. The maximum atomic E-state index is 12.6. The summed E-state index contributed by atoms with van der Waals surface area (Å²) >= 11 is 6.05. The number of phenolic OH excluding ortho intramolecular Hbond substituents is 1. The minimum absolute atomic E-state index is 0.0500. The maximum Gasteiger partial charge on any atom is 0.189 e. The highest BCUT2D eigenvalue weighted by molar-refractivity contribution is 6.32. The zero-order valence-corrected chi connectivity index (χ0v) is 13.6. The summed E-state index contributed by atoms with van der Waals surface area (Å²) in [6.45, 7) is 2.26. The van der Waals surface area contributed by atoms with Crippen molar-refractivity contribution < 1.29 is 14.6 Å². The van der Waals surface area contributed by atoms with E-state index in [1.807, 2.05) is 37.3 Å². The molecule has 0 fully saturated rings. The van der Waals surface area contributed by atoms with E-state index in [1.54, 1.807) is 12.1 Å². The average Bonchev–Trinajstić information content (AvgIpc) is 2.55. The first-order valence-corrected chi connectivity index (χ1v) is 7.96. The van der Waals surface area contributed by atoms with Crippen LogP contribution in [0.25, 0.3) is 6.08 Å². The molecule has 23 heavy (non-hydrogen) atoms. The van der Waals surface area contributed by atoms with Crippen LogP contribution in [0.5, 0.6) is 11.5 Å². The second-order valence-corrected chi connectivity index (χ2v) is 5.85. The first-order valence-electron chi connectivity index (χ1n) is 7.58. The second-order valence-electron chi connectivity index (χ2n) is 5.44. The molecule has 0 amide bonds. The number of ether oxygens (including phenoxy) is 1. The summed E-state index contributed by atoms with van der Waals surface area (Å²) in [5.41, 5.74) is 3.35. The number of Topliss-reactive ketones (excluding diaryl/α,β-unsaturated/α-hetero) is 1. The van der Waals surface area contributed by atoms with Crippen LogP contribution in [-0.4, -0.2) is 17.5 Å². The highest BCUT2D eigenvalue weighted by atomic mass is 35.5. The molecule has 0 aromatic heterocycles.